The van der Waals surface area contributed by atoms with Gasteiger partial charge in [0.2, 0.25) is 5.91 Å². The maximum atomic E-state index is 13.6. The fourth-order valence-corrected chi connectivity index (χ4v) is 3.13. The third-order valence-corrected chi connectivity index (χ3v) is 4.38. The number of fused-ring (bicyclic) bond motifs is 1. The van der Waals surface area contributed by atoms with Crippen LogP contribution < -0.4 is 0 Å². The highest BCUT2D eigenvalue weighted by Gasteiger charge is 2.25. The lowest BCUT2D eigenvalue weighted by Gasteiger charge is -2.15. The van der Waals surface area contributed by atoms with Crippen molar-refractivity contribution in [1.29, 1.82) is 0 Å². The molecule has 1 aliphatic rings. The van der Waals surface area contributed by atoms with Crippen molar-refractivity contribution in [3.63, 3.8) is 0 Å². The number of hydrogen-bond acceptors (Lipinski definition) is 2. The molecular weight excluding hydrogens is 273 g/mol. The molecule has 0 N–H and O–H groups in total. The Morgan fingerprint density at radius 3 is 2.65 bits per heavy atom. The van der Waals surface area contributed by atoms with E-state index in [2.05, 4.69) is 0 Å². The largest absolute Gasteiger partial charge is 0.333 e. The summed E-state index contributed by atoms with van der Waals surface area (Å²) in [6.45, 7) is 0.900. The molecule has 3 rings (SSSR count). The van der Waals surface area contributed by atoms with E-state index in [1.54, 1.807) is 11.0 Å². The molecule has 0 unspecified atom stereocenters. The molecule has 0 aliphatic carbocycles. The SMILES string of the molecule is O=C(CSc1ccccc1)N1Cc2cccc(F)c2C1. The van der Waals surface area contributed by atoms with Crippen LogP contribution in [0.25, 0.3) is 0 Å². The number of benzene rings is 2. The number of thioether (sulfide) groups is 1. The van der Waals surface area contributed by atoms with E-state index in [0.717, 1.165) is 10.5 Å². The first-order chi connectivity index (χ1) is 9.74. The highest BCUT2D eigenvalue weighted by molar-refractivity contribution is 8.00. The Hall–Kier alpha value is -1.81. The molecule has 20 heavy (non-hydrogen) atoms. The maximum absolute atomic E-state index is 13.6. The summed E-state index contributed by atoms with van der Waals surface area (Å²) in [5.74, 6) is 0.225. The van der Waals surface area contributed by atoms with Crippen LogP contribution in [0.5, 0.6) is 0 Å². The van der Waals surface area contributed by atoms with E-state index < -0.39 is 0 Å². The number of amides is 1. The van der Waals surface area contributed by atoms with Crippen molar-refractivity contribution < 1.29 is 9.18 Å². The number of halogens is 1. The minimum Gasteiger partial charge on any atom is -0.333 e. The molecule has 1 amide bonds. The molecule has 0 aromatic heterocycles. The first kappa shape index (κ1) is 13.2. The zero-order chi connectivity index (χ0) is 13.9. The zero-order valence-electron chi connectivity index (χ0n) is 10.9. The molecular formula is C16H14FNOS. The Bertz CT molecular complexity index is 630. The summed E-state index contributed by atoms with van der Waals surface area (Å²) in [7, 11) is 0. The van der Waals surface area contributed by atoms with Crippen molar-refractivity contribution in [1.82, 2.24) is 4.90 Å². The van der Waals surface area contributed by atoms with Crippen LogP contribution in [-0.2, 0) is 17.9 Å². The Labute approximate surface area is 121 Å². The third kappa shape index (κ3) is 2.70. The molecule has 0 saturated carbocycles. The Morgan fingerprint density at radius 2 is 1.90 bits per heavy atom. The molecule has 0 atom stereocenters. The molecule has 4 heteroatoms. The standard InChI is InChI=1S/C16H14FNOS/c17-15-8-4-5-12-9-18(10-14(12)15)16(19)11-20-13-6-2-1-3-7-13/h1-8H,9-11H2. The number of carbonyl (C=O) groups excluding carboxylic acids is 1. The Morgan fingerprint density at radius 1 is 1.10 bits per heavy atom. The average molecular weight is 287 g/mol. The van der Waals surface area contributed by atoms with Crippen molar-refractivity contribution in [2.45, 2.75) is 18.0 Å². The molecule has 0 spiro atoms. The van der Waals surface area contributed by atoms with Gasteiger partial charge in [-0.2, -0.15) is 0 Å². The van der Waals surface area contributed by atoms with Crippen molar-refractivity contribution in [3.05, 3.63) is 65.5 Å². The molecule has 2 aromatic rings. The van der Waals surface area contributed by atoms with Crippen molar-refractivity contribution >= 4 is 17.7 Å². The summed E-state index contributed by atoms with van der Waals surface area (Å²) in [6.07, 6.45) is 0. The van der Waals surface area contributed by atoms with E-state index >= 15 is 0 Å². The highest BCUT2D eigenvalue weighted by atomic mass is 32.2. The van der Waals surface area contributed by atoms with Crippen molar-refractivity contribution in [3.8, 4) is 0 Å². The summed E-state index contributed by atoms with van der Waals surface area (Å²) in [5.41, 5.74) is 1.58. The summed E-state index contributed by atoms with van der Waals surface area (Å²) in [6, 6.07) is 14.8. The third-order valence-electron chi connectivity index (χ3n) is 3.38. The first-order valence-electron chi connectivity index (χ1n) is 6.46. The molecule has 2 aromatic carbocycles. The van der Waals surface area contributed by atoms with Crippen LogP contribution in [0.1, 0.15) is 11.1 Å². The van der Waals surface area contributed by atoms with Gasteiger partial charge in [0, 0.05) is 23.5 Å². The zero-order valence-corrected chi connectivity index (χ0v) is 11.7. The second kappa shape index (κ2) is 5.67. The molecule has 1 aliphatic heterocycles. The van der Waals surface area contributed by atoms with Crippen LogP contribution in [0.2, 0.25) is 0 Å². The molecule has 102 valence electrons. The van der Waals surface area contributed by atoms with Crippen LogP contribution >= 0.6 is 11.8 Å². The molecule has 2 nitrogen and oxygen atoms in total. The smallest absolute Gasteiger partial charge is 0.233 e. The number of rotatable bonds is 3. The van der Waals surface area contributed by atoms with Gasteiger partial charge in [0.25, 0.3) is 0 Å². The van der Waals surface area contributed by atoms with E-state index in [1.165, 1.54) is 17.8 Å². The van der Waals surface area contributed by atoms with Crippen LogP contribution in [0, 0.1) is 5.82 Å². The second-order valence-corrected chi connectivity index (χ2v) is 5.78. The summed E-state index contributed by atoms with van der Waals surface area (Å²) in [5, 5.41) is 0. The van der Waals surface area contributed by atoms with Crippen LogP contribution in [0.4, 0.5) is 4.39 Å². The first-order valence-corrected chi connectivity index (χ1v) is 7.44. The summed E-state index contributed by atoms with van der Waals surface area (Å²) in [4.78, 5) is 15.0. The van der Waals surface area contributed by atoms with Gasteiger partial charge in [0.1, 0.15) is 5.82 Å². The quantitative estimate of drug-likeness (QED) is 0.806. The number of nitrogens with zero attached hydrogens (tertiary/aromatic N) is 1. The summed E-state index contributed by atoms with van der Waals surface area (Å²) < 4.78 is 13.6. The molecule has 1 heterocycles. The molecule has 0 saturated heterocycles. The number of carbonyl (C=O) groups is 1. The highest BCUT2D eigenvalue weighted by Crippen LogP contribution is 2.26. The van der Waals surface area contributed by atoms with E-state index in [0.29, 0.717) is 24.4 Å². The predicted octanol–water partition coefficient (Wildman–Crippen LogP) is 3.46. The van der Waals surface area contributed by atoms with Gasteiger partial charge in [-0.3, -0.25) is 4.79 Å². The minimum absolute atomic E-state index is 0.0504. The van der Waals surface area contributed by atoms with Crippen LogP contribution in [0.15, 0.2) is 53.4 Å². The fraction of sp³-hybridized carbons (Fsp3) is 0.188. The molecule has 0 radical (unpaired) electrons. The van der Waals surface area contributed by atoms with Gasteiger partial charge in [0.05, 0.1) is 5.75 Å². The van der Waals surface area contributed by atoms with E-state index in [1.807, 2.05) is 36.4 Å². The average Bonchev–Trinajstić information content (AvgIpc) is 2.91. The topological polar surface area (TPSA) is 20.3 Å². The minimum atomic E-state index is -0.214. The lowest BCUT2D eigenvalue weighted by atomic mass is 10.1. The predicted molar refractivity (Wildman–Crippen MR) is 77.8 cm³/mol. The molecule has 0 fully saturated rings. The van der Waals surface area contributed by atoms with Gasteiger partial charge in [-0.05, 0) is 23.8 Å². The van der Waals surface area contributed by atoms with E-state index in [4.69, 9.17) is 0 Å². The van der Waals surface area contributed by atoms with Crippen molar-refractivity contribution in [2.75, 3.05) is 5.75 Å². The lowest BCUT2D eigenvalue weighted by Crippen LogP contribution is -2.27. The molecule has 0 bridgehead atoms. The van der Waals surface area contributed by atoms with Gasteiger partial charge in [-0.25, -0.2) is 4.39 Å². The summed E-state index contributed by atoms with van der Waals surface area (Å²) >= 11 is 1.51. The fourth-order valence-electron chi connectivity index (χ4n) is 2.31. The van der Waals surface area contributed by atoms with Gasteiger partial charge >= 0.3 is 0 Å². The van der Waals surface area contributed by atoms with Crippen LogP contribution in [0.3, 0.4) is 0 Å². The van der Waals surface area contributed by atoms with Gasteiger partial charge < -0.3 is 4.90 Å². The van der Waals surface area contributed by atoms with Crippen LogP contribution in [-0.4, -0.2) is 16.6 Å². The van der Waals surface area contributed by atoms with E-state index in [-0.39, 0.29) is 11.7 Å². The van der Waals surface area contributed by atoms with Gasteiger partial charge in [-0.1, -0.05) is 30.3 Å². The Kier molecular flexibility index (Phi) is 3.74. The lowest BCUT2D eigenvalue weighted by molar-refractivity contribution is -0.128. The van der Waals surface area contributed by atoms with E-state index in [9.17, 15) is 9.18 Å². The maximum Gasteiger partial charge on any atom is 0.233 e. The normalized spacial score (nSPS) is 13.3. The van der Waals surface area contributed by atoms with Gasteiger partial charge in [0.15, 0.2) is 0 Å². The van der Waals surface area contributed by atoms with Gasteiger partial charge in [-0.15, -0.1) is 11.8 Å². The Balaban J connectivity index is 1.62. The second-order valence-electron chi connectivity index (χ2n) is 4.73. The number of hydrogen-bond donors (Lipinski definition) is 0. The van der Waals surface area contributed by atoms with Crippen molar-refractivity contribution in [2.24, 2.45) is 0 Å². The monoisotopic (exact) mass is 287 g/mol.